The number of aliphatic hydroxyl groups excluding tert-OH is 1. The highest BCUT2D eigenvalue weighted by Gasteiger charge is 2.02. The lowest BCUT2D eigenvalue weighted by Gasteiger charge is -2.13. The Morgan fingerprint density at radius 3 is 2.00 bits per heavy atom. The van der Waals surface area contributed by atoms with Crippen LogP contribution in [0.3, 0.4) is 0 Å². The highest BCUT2D eigenvalue weighted by atomic mass is 16.5. The molecule has 0 aliphatic carbocycles. The Morgan fingerprint density at radius 2 is 1.67 bits per heavy atom. The normalized spacial score (nSPS) is 8.27. The van der Waals surface area contributed by atoms with E-state index in [1.807, 2.05) is 39.6 Å². The first-order chi connectivity index (χ1) is 7.20. The number of carbonyl (C=O) groups is 1. The Morgan fingerprint density at radius 1 is 1.20 bits per heavy atom. The first kappa shape index (κ1) is 19.9. The molecule has 0 spiro atoms. The smallest absolute Gasteiger partial charge is 0.306 e. The summed E-state index contributed by atoms with van der Waals surface area (Å²) in [6, 6.07) is 0. The fourth-order valence-electron chi connectivity index (χ4n) is 0.667. The predicted molar refractivity (Wildman–Crippen MR) is 63.9 cm³/mol. The molecule has 0 aliphatic heterocycles. The zero-order chi connectivity index (χ0) is 12.7. The van der Waals surface area contributed by atoms with Gasteiger partial charge in [0.25, 0.3) is 0 Å². The molecule has 0 saturated heterocycles. The Balaban J connectivity index is -0.000000318. The van der Waals surface area contributed by atoms with E-state index in [2.05, 4.69) is 4.74 Å². The van der Waals surface area contributed by atoms with Crippen LogP contribution in [0.4, 0.5) is 0 Å². The van der Waals surface area contributed by atoms with Gasteiger partial charge in [-0.15, -0.1) is 0 Å². The van der Waals surface area contributed by atoms with Gasteiger partial charge in [0.05, 0.1) is 20.1 Å². The van der Waals surface area contributed by atoms with Gasteiger partial charge in [-0.1, -0.05) is 27.7 Å². The Hall–Kier alpha value is -0.610. The van der Waals surface area contributed by atoms with Crippen LogP contribution >= 0.6 is 0 Å². The van der Waals surface area contributed by atoms with Crippen molar-refractivity contribution in [3.8, 4) is 0 Å². The van der Waals surface area contributed by atoms with Gasteiger partial charge in [0, 0.05) is 13.1 Å². The number of aliphatic hydroxyl groups is 1. The van der Waals surface area contributed by atoms with Crippen LogP contribution in [0.1, 0.15) is 34.1 Å². The molecule has 0 fully saturated rings. The van der Waals surface area contributed by atoms with E-state index in [1.54, 1.807) is 0 Å². The lowest BCUT2D eigenvalue weighted by Crippen LogP contribution is -2.25. The number of methoxy groups -OCH3 is 1. The van der Waals surface area contributed by atoms with Gasteiger partial charge >= 0.3 is 5.97 Å². The Kier molecular flexibility index (Phi) is 25.2. The zero-order valence-electron chi connectivity index (χ0n) is 11.0. The van der Waals surface area contributed by atoms with Crippen LogP contribution in [0, 0.1) is 0 Å². The third kappa shape index (κ3) is 19.7. The van der Waals surface area contributed by atoms with Crippen molar-refractivity contribution in [2.75, 3.05) is 33.9 Å². The van der Waals surface area contributed by atoms with Crippen molar-refractivity contribution in [3.05, 3.63) is 0 Å². The maximum Gasteiger partial charge on any atom is 0.306 e. The van der Waals surface area contributed by atoms with Crippen LogP contribution in [0.25, 0.3) is 0 Å². The minimum atomic E-state index is -0.213. The van der Waals surface area contributed by atoms with Gasteiger partial charge in [-0.25, -0.2) is 0 Å². The van der Waals surface area contributed by atoms with E-state index < -0.39 is 0 Å². The minimum Gasteiger partial charge on any atom is -0.469 e. The number of nitrogens with zero attached hydrogens (tertiary/aromatic N) is 1. The molecule has 0 rings (SSSR count). The molecule has 15 heavy (non-hydrogen) atoms. The minimum absolute atomic E-state index is 0.123. The summed E-state index contributed by atoms with van der Waals surface area (Å²) < 4.78 is 4.45. The van der Waals surface area contributed by atoms with Crippen molar-refractivity contribution in [1.29, 1.82) is 0 Å². The Bertz CT molecular complexity index is 118. The molecule has 0 atom stereocenters. The summed E-state index contributed by atoms with van der Waals surface area (Å²) in [6.45, 7) is 9.35. The predicted octanol–water partition coefficient (Wildman–Crippen LogP) is 1.53. The van der Waals surface area contributed by atoms with Crippen LogP contribution < -0.4 is 0 Å². The summed E-state index contributed by atoms with van der Waals surface area (Å²) in [5.41, 5.74) is 0. The summed E-state index contributed by atoms with van der Waals surface area (Å²) in [5.74, 6) is -0.213. The van der Waals surface area contributed by atoms with Gasteiger partial charge < -0.3 is 14.7 Å². The van der Waals surface area contributed by atoms with Crippen molar-refractivity contribution in [2.24, 2.45) is 0 Å². The third-order valence-electron chi connectivity index (χ3n) is 1.41. The number of hydrogen-bond acceptors (Lipinski definition) is 4. The second-order valence-corrected chi connectivity index (χ2v) is 2.35. The van der Waals surface area contributed by atoms with Crippen molar-refractivity contribution in [3.63, 3.8) is 0 Å². The van der Waals surface area contributed by atoms with Crippen molar-refractivity contribution >= 4 is 5.97 Å². The number of hydrogen-bond donors (Lipinski definition) is 1. The van der Waals surface area contributed by atoms with Crippen LogP contribution in [-0.2, 0) is 9.53 Å². The highest BCUT2D eigenvalue weighted by molar-refractivity contribution is 5.69. The summed E-state index contributed by atoms with van der Waals surface area (Å²) in [4.78, 5) is 12.5. The molecule has 1 N–H and O–H groups in total. The lowest BCUT2D eigenvalue weighted by atomic mass is 10.4. The van der Waals surface area contributed by atoms with Gasteiger partial charge in [-0.2, -0.15) is 0 Å². The van der Waals surface area contributed by atoms with Crippen molar-refractivity contribution < 1.29 is 14.6 Å². The standard InChI is InChI=1S/C7H15NO3.2C2H6/c1-8(5-6-9)4-3-7(10)11-2;2*1-2/h9H,3-6H2,1-2H3;2*1-2H3. The molecule has 4 nitrogen and oxygen atoms in total. The van der Waals surface area contributed by atoms with Gasteiger partial charge in [0.15, 0.2) is 0 Å². The van der Waals surface area contributed by atoms with E-state index in [4.69, 9.17) is 5.11 Å². The maximum atomic E-state index is 10.6. The van der Waals surface area contributed by atoms with E-state index in [9.17, 15) is 4.79 Å². The van der Waals surface area contributed by atoms with E-state index >= 15 is 0 Å². The molecule has 0 aromatic rings. The fourth-order valence-corrected chi connectivity index (χ4v) is 0.667. The molecule has 0 radical (unpaired) electrons. The number of likely N-dealkylation sites (N-methyl/N-ethyl adjacent to an activating group) is 1. The van der Waals surface area contributed by atoms with Crippen LogP contribution in [0.5, 0.6) is 0 Å². The van der Waals surface area contributed by atoms with Gasteiger partial charge in [0.1, 0.15) is 0 Å². The second-order valence-electron chi connectivity index (χ2n) is 2.35. The average molecular weight is 221 g/mol. The molecule has 0 amide bonds. The third-order valence-corrected chi connectivity index (χ3v) is 1.41. The molecule has 0 aromatic carbocycles. The van der Waals surface area contributed by atoms with Crippen LogP contribution in [0.15, 0.2) is 0 Å². The molecule has 0 aromatic heterocycles. The molecule has 0 unspecified atom stereocenters. The first-order valence-electron chi connectivity index (χ1n) is 5.57. The van der Waals surface area contributed by atoms with E-state index in [0.717, 1.165) is 0 Å². The number of ether oxygens (including phenoxy) is 1. The van der Waals surface area contributed by atoms with Crippen molar-refractivity contribution in [1.82, 2.24) is 4.90 Å². The molecule has 4 heteroatoms. The molecular weight excluding hydrogens is 194 g/mol. The molecule has 0 heterocycles. The second kappa shape index (κ2) is 19.0. The summed E-state index contributed by atoms with van der Waals surface area (Å²) in [6.07, 6.45) is 0.382. The maximum absolute atomic E-state index is 10.6. The fraction of sp³-hybridized carbons (Fsp3) is 0.909. The molecule has 0 saturated carbocycles. The molecule has 0 bridgehead atoms. The van der Waals surface area contributed by atoms with E-state index in [0.29, 0.717) is 19.5 Å². The van der Waals surface area contributed by atoms with Gasteiger partial charge in [-0.3, -0.25) is 4.79 Å². The summed E-state index contributed by atoms with van der Waals surface area (Å²) in [5, 5.41) is 8.50. The molecule has 0 aliphatic rings. The Labute approximate surface area is 94.2 Å². The van der Waals surface area contributed by atoms with Gasteiger partial charge in [0.2, 0.25) is 0 Å². The largest absolute Gasteiger partial charge is 0.469 e. The first-order valence-corrected chi connectivity index (χ1v) is 5.57. The number of esters is 1. The number of carbonyl (C=O) groups excluding carboxylic acids is 1. The van der Waals surface area contributed by atoms with Crippen LogP contribution in [0.2, 0.25) is 0 Å². The zero-order valence-corrected chi connectivity index (χ0v) is 11.0. The quantitative estimate of drug-likeness (QED) is 0.715. The lowest BCUT2D eigenvalue weighted by molar-refractivity contribution is -0.140. The molecular formula is C11H27NO3. The number of rotatable bonds is 5. The SMILES string of the molecule is CC.CC.COC(=O)CCN(C)CCO. The van der Waals surface area contributed by atoms with E-state index in [-0.39, 0.29) is 12.6 Å². The monoisotopic (exact) mass is 221 g/mol. The van der Waals surface area contributed by atoms with Crippen molar-refractivity contribution in [2.45, 2.75) is 34.1 Å². The average Bonchev–Trinajstić information content (AvgIpc) is 2.31. The molecule has 94 valence electrons. The highest BCUT2D eigenvalue weighted by Crippen LogP contribution is 1.88. The summed E-state index contributed by atoms with van der Waals surface area (Å²) >= 11 is 0. The van der Waals surface area contributed by atoms with Gasteiger partial charge in [-0.05, 0) is 7.05 Å². The summed E-state index contributed by atoms with van der Waals surface area (Å²) in [7, 11) is 3.22. The topological polar surface area (TPSA) is 49.8 Å². The van der Waals surface area contributed by atoms with E-state index in [1.165, 1.54) is 7.11 Å². The van der Waals surface area contributed by atoms with Crippen LogP contribution in [-0.4, -0.2) is 49.8 Å².